The van der Waals surface area contributed by atoms with E-state index in [1.54, 1.807) is 19.2 Å². The third-order valence-electron chi connectivity index (χ3n) is 2.12. The molecule has 0 aliphatic rings. The van der Waals surface area contributed by atoms with Gasteiger partial charge in [0, 0.05) is 17.7 Å². The molecule has 0 fully saturated rings. The van der Waals surface area contributed by atoms with Crippen LogP contribution >= 0.6 is 0 Å². The van der Waals surface area contributed by atoms with Gasteiger partial charge >= 0.3 is 11.9 Å². The lowest BCUT2D eigenvalue weighted by Crippen LogP contribution is -2.22. The highest BCUT2D eigenvalue weighted by molar-refractivity contribution is 5.85. The Bertz CT molecular complexity index is 538. The lowest BCUT2D eigenvalue weighted by atomic mass is 10.2. The maximum absolute atomic E-state index is 10.5. The molecule has 120 valence electrons. The van der Waals surface area contributed by atoms with E-state index in [9.17, 15) is 9.59 Å². The van der Waals surface area contributed by atoms with E-state index in [2.05, 4.69) is 6.58 Å². The molecule has 0 unspecified atom stereocenters. The fourth-order valence-corrected chi connectivity index (χ4v) is 1.31. The molecule has 0 saturated heterocycles. The molecule has 0 heterocycles. The Morgan fingerprint density at radius 1 is 1.23 bits per heavy atom. The van der Waals surface area contributed by atoms with Crippen LogP contribution in [0.15, 0.2) is 43.0 Å². The van der Waals surface area contributed by atoms with Gasteiger partial charge in [0.05, 0.1) is 7.11 Å². The summed E-state index contributed by atoms with van der Waals surface area (Å²) in [5, 5.41) is 8.41. The maximum atomic E-state index is 10.5. The van der Waals surface area contributed by atoms with Crippen molar-refractivity contribution < 1.29 is 24.2 Å². The first-order valence-corrected chi connectivity index (χ1v) is 6.59. The van der Waals surface area contributed by atoms with Crippen LogP contribution in [0.25, 0.3) is 6.08 Å². The number of aliphatic carboxylic acids is 1. The molecule has 0 aliphatic heterocycles. The number of carbonyl (C=O) groups excluding carboxylic acids is 1. The minimum Gasteiger partial charge on any atom is -0.496 e. The van der Waals surface area contributed by atoms with Crippen molar-refractivity contribution in [1.82, 2.24) is 0 Å². The highest BCUT2D eigenvalue weighted by Gasteiger charge is 2.12. The first-order chi connectivity index (χ1) is 10.2. The Labute approximate surface area is 130 Å². The van der Waals surface area contributed by atoms with Crippen LogP contribution in [0.2, 0.25) is 0 Å². The van der Waals surface area contributed by atoms with Crippen molar-refractivity contribution in [3.8, 4) is 5.75 Å². The van der Waals surface area contributed by atoms with Crippen LogP contribution in [-0.2, 0) is 14.3 Å². The summed E-state index contributed by atoms with van der Waals surface area (Å²) in [4.78, 5) is 20.7. The van der Waals surface area contributed by atoms with Crippen LogP contribution < -0.4 is 4.74 Å². The predicted octanol–water partition coefficient (Wildman–Crippen LogP) is 3.31. The van der Waals surface area contributed by atoms with Crippen LogP contribution in [0.3, 0.4) is 0 Å². The number of rotatable bonds is 4. The average Bonchev–Trinajstić information content (AvgIpc) is 2.44. The smallest absolute Gasteiger partial charge is 0.330 e. The van der Waals surface area contributed by atoms with Crippen LogP contribution in [0.5, 0.6) is 5.75 Å². The topological polar surface area (TPSA) is 72.8 Å². The van der Waals surface area contributed by atoms with E-state index in [1.165, 1.54) is 6.08 Å². The van der Waals surface area contributed by atoms with Crippen LogP contribution in [0, 0.1) is 0 Å². The Balaban J connectivity index is 0.000000433. The average molecular weight is 306 g/mol. The number of carboxylic acids is 1. The second kappa shape index (κ2) is 9.39. The van der Waals surface area contributed by atoms with Crippen molar-refractivity contribution in [2.24, 2.45) is 0 Å². The van der Waals surface area contributed by atoms with Crippen molar-refractivity contribution in [3.63, 3.8) is 0 Å². The van der Waals surface area contributed by atoms with Gasteiger partial charge in [0.15, 0.2) is 0 Å². The number of para-hydroxylation sites is 1. The summed E-state index contributed by atoms with van der Waals surface area (Å²) in [7, 11) is 1.55. The summed E-state index contributed by atoms with van der Waals surface area (Å²) in [5.74, 6) is -0.673. The summed E-state index contributed by atoms with van der Waals surface area (Å²) in [6.07, 6.45) is 3.74. The molecule has 5 heteroatoms. The summed E-state index contributed by atoms with van der Waals surface area (Å²) >= 11 is 0. The molecule has 0 bridgehead atoms. The number of benzene rings is 1. The van der Waals surface area contributed by atoms with Crippen LogP contribution in [-0.4, -0.2) is 29.8 Å². The van der Waals surface area contributed by atoms with Gasteiger partial charge in [0.1, 0.15) is 11.4 Å². The second-order valence-corrected chi connectivity index (χ2v) is 5.15. The van der Waals surface area contributed by atoms with E-state index >= 15 is 0 Å². The van der Waals surface area contributed by atoms with Crippen LogP contribution in [0.4, 0.5) is 0 Å². The fraction of sp³-hybridized carbons (Fsp3) is 0.294. The third kappa shape index (κ3) is 9.36. The number of hydrogen-bond donors (Lipinski definition) is 1. The quantitative estimate of drug-likeness (QED) is 0.682. The Hall–Kier alpha value is -2.56. The molecule has 0 amide bonds. The summed E-state index contributed by atoms with van der Waals surface area (Å²) in [5.41, 5.74) is 0.359. The Morgan fingerprint density at radius 3 is 2.23 bits per heavy atom. The van der Waals surface area contributed by atoms with Gasteiger partial charge in [-0.25, -0.2) is 9.59 Å². The lowest BCUT2D eigenvalue weighted by Gasteiger charge is -2.17. The zero-order valence-corrected chi connectivity index (χ0v) is 13.3. The molecule has 1 aromatic carbocycles. The molecule has 1 aromatic rings. The number of carboxylic acid groups (broad SMARTS) is 1. The van der Waals surface area contributed by atoms with Crippen molar-refractivity contribution in [2.45, 2.75) is 26.4 Å². The fourth-order valence-electron chi connectivity index (χ4n) is 1.31. The second-order valence-electron chi connectivity index (χ2n) is 5.15. The van der Waals surface area contributed by atoms with Crippen molar-refractivity contribution >= 4 is 18.0 Å². The molecule has 0 spiro atoms. The normalized spacial score (nSPS) is 10.4. The molecule has 0 radical (unpaired) electrons. The molecular formula is C17H22O5. The zero-order chi connectivity index (χ0) is 17.2. The molecular weight excluding hydrogens is 284 g/mol. The first kappa shape index (κ1) is 19.4. The molecule has 0 saturated carbocycles. The molecule has 5 nitrogen and oxygen atoms in total. The summed E-state index contributed by atoms with van der Waals surface area (Å²) < 4.78 is 9.86. The minimum atomic E-state index is -0.967. The van der Waals surface area contributed by atoms with Gasteiger partial charge in [-0.2, -0.15) is 0 Å². The number of carbonyl (C=O) groups is 2. The number of methoxy groups -OCH3 is 1. The predicted molar refractivity (Wildman–Crippen MR) is 85.7 cm³/mol. The molecule has 1 rings (SSSR count). The number of ether oxygens (including phenoxy) is 2. The maximum Gasteiger partial charge on any atom is 0.330 e. The standard InChI is InChI=1S/C10H10O3.C7H12O2/c1-13-9-5-3-2-4-8(9)6-7-10(11)12;1-5-6(8)9-7(2,3)4/h2-7H,1H3,(H,11,12);5H,1H2,2-4H3. The van der Waals surface area contributed by atoms with E-state index in [4.69, 9.17) is 14.6 Å². The zero-order valence-electron chi connectivity index (χ0n) is 13.3. The third-order valence-corrected chi connectivity index (χ3v) is 2.12. The van der Waals surface area contributed by atoms with Gasteiger partial charge in [-0.3, -0.25) is 0 Å². The monoisotopic (exact) mass is 306 g/mol. The molecule has 0 atom stereocenters. The highest BCUT2D eigenvalue weighted by atomic mass is 16.6. The van der Waals surface area contributed by atoms with Crippen molar-refractivity contribution in [2.75, 3.05) is 7.11 Å². The molecule has 0 aliphatic carbocycles. The largest absolute Gasteiger partial charge is 0.496 e. The van der Waals surface area contributed by atoms with Gasteiger partial charge in [0.2, 0.25) is 0 Å². The van der Waals surface area contributed by atoms with Gasteiger partial charge in [-0.1, -0.05) is 24.8 Å². The van der Waals surface area contributed by atoms with Gasteiger partial charge in [-0.05, 0) is 32.9 Å². The SMILES string of the molecule is C=CC(=O)OC(C)(C)C.COc1ccccc1C=CC(=O)O. The van der Waals surface area contributed by atoms with E-state index < -0.39 is 11.6 Å². The summed E-state index contributed by atoms with van der Waals surface area (Å²) in [6, 6.07) is 7.22. The molecule has 1 N–H and O–H groups in total. The Morgan fingerprint density at radius 2 is 1.82 bits per heavy atom. The van der Waals surface area contributed by atoms with Gasteiger partial charge in [-0.15, -0.1) is 0 Å². The van der Waals surface area contributed by atoms with E-state index in [1.807, 2.05) is 32.9 Å². The van der Waals surface area contributed by atoms with Gasteiger partial charge in [0.25, 0.3) is 0 Å². The van der Waals surface area contributed by atoms with Crippen LogP contribution in [0.1, 0.15) is 26.3 Å². The van der Waals surface area contributed by atoms with E-state index in [0.717, 1.165) is 17.7 Å². The highest BCUT2D eigenvalue weighted by Crippen LogP contribution is 2.18. The first-order valence-electron chi connectivity index (χ1n) is 6.59. The Kier molecular flexibility index (Phi) is 8.30. The van der Waals surface area contributed by atoms with Gasteiger partial charge < -0.3 is 14.6 Å². The minimum absolute atomic E-state index is 0.373. The van der Waals surface area contributed by atoms with Crippen molar-refractivity contribution in [1.29, 1.82) is 0 Å². The number of esters is 1. The van der Waals surface area contributed by atoms with E-state index in [-0.39, 0.29) is 5.97 Å². The lowest BCUT2D eigenvalue weighted by molar-refractivity contribution is -0.148. The molecule has 22 heavy (non-hydrogen) atoms. The van der Waals surface area contributed by atoms with E-state index in [0.29, 0.717) is 5.75 Å². The summed E-state index contributed by atoms with van der Waals surface area (Å²) in [6.45, 7) is 8.71. The number of hydrogen-bond acceptors (Lipinski definition) is 4. The van der Waals surface area contributed by atoms with Crippen molar-refractivity contribution in [3.05, 3.63) is 48.6 Å². The molecule has 0 aromatic heterocycles.